The molecule has 0 saturated carbocycles. The Morgan fingerprint density at radius 2 is 2.09 bits per heavy atom. The van der Waals surface area contributed by atoms with E-state index in [0.29, 0.717) is 11.1 Å². The van der Waals surface area contributed by atoms with Gasteiger partial charge in [0.25, 0.3) is 0 Å². The second-order valence-corrected chi connectivity index (χ2v) is 6.08. The predicted octanol–water partition coefficient (Wildman–Crippen LogP) is 2.35. The fourth-order valence-electron chi connectivity index (χ4n) is 1.92. The van der Waals surface area contributed by atoms with Crippen LogP contribution in [-0.2, 0) is 11.8 Å². The van der Waals surface area contributed by atoms with Gasteiger partial charge in [-0.15, -0.1) is 5.10 Å². The van der Waals surface area contributed by atoms with E-state index in [9.17, 15) is 9.59 Å². The first kappa shape index (κ1) is 16.4. The minimum absolute atomic E-state index is 0.128. The minimum Gasteiger partial charge on any atom is -0.325 e. The second-order valence-electron chi connectivity index (χ2n) is 5.14. The van der Waals surface area contributed by atoms with E-state index in [4.69, 9.17) is 0 Å². The molecule has 1 unspecified atom stereocenters. The number of carbonyl (C=O) groups excluding carboxylic acids is 1. The van der Waals surface area contributed by atoms with Crippen molar-refractivity contribution in [2.45, 2.75) is 31.3 Å². The molecule has 1 heterocycles. The van der Waals surface area contributed by atoms with Gasteiger partial charge in [0.15, 0.2) is 5.16 Å². The van der Waals surface area contributed by atoms with Crippen LogP contribution in [0, 0.1) is 0 Å². The number of hydrogen-bond donors (Lipinski definition) is 2. The van der Waals surface area contributed by atoms with Gasteiger partial charge in [-0.25, -0.2) is 9.89 Å². The summed E-state index contributed by atoms with van der Waals surface area (Å²) in [5, 5.41) is 9.51. The molecule has 2 aromatic rings. The van der Waals surface area contributed by atoms with Gasteiger partial charge in [-0.3, -0.25) is 9.36 Å². The molecule has 1 aromatic carbocycles. The number of nitrogens with zero attached hydrogens (tertiary/aromatic N) is 2. The number of aromatic nitrogens is 3. The van der Waals surface area contributed by atoms with Crippen molar-refractivity contribution in [3.63, 3.8) is 0 Å². The van der Waals surface area contributed by atoms with Crippen molar-refractivity contribution in [1.82, 2.24) is 14.8 Å². The van der Waals surface area contributed by atoms with Gasteiger partial charge >= 0.3 is 5.69 Å². The van der Waals surface area contributed by atoms with Crippen LogP contribution in [0.1, 0.15) is 31.7 Å². The highest BCUT2D eigenvalue weighted by molar-refractivity contribution is 7.99. The van der Waals surface area contributed by atoms with Crippen LogP contribution in [-0.4, -0.2) is 26.4 Å². The molecule has 0 aliphatic heterocycles. The Bertz CT molecular complexity index is 690. The van der Waals surface area contributed by atoms with Crippen LogP contribution < -0.4 is 11.0 Å². The first-order chi connectivity index (χ1) is 10.5. The van der Waals surface area contributed by atoms with E-state index in [2.05, 4.69) is 29.4 Å². The van der Waals surface area contributed by atoms with Gasteiger partial charge < -0.3 is 5.32 Å². The van der Waals surface area contributed by atoms with Crippen LogP contribution in [0.25, 0.3) is 0 Å². The summed E-state index contributed by atoms with van der Waals surface area (Å²) < 4.78 is 1.37. The highest BCUT2D eigenvalue weighted by atomic mass is 32.2. The number of H-pyrrole nitrogens is 1. The third-order valence-electron chi connectivity index (χ3n) is 3.55. The lowest BCUT2D eigenvalue weighted by Crippen LogP contribution is -2.16. The molecule has 0 fully saturated rings. The van der Waals surface area contributed by atoms with Crippen LogP contribution in [0.2, 0.25) is 0 Å². The van der Waals surface area contributed by atoms with E-state index < -0.39 is 0 Å². The summed E-state index contributed by atoms with van der Waals surface area (Å²) in [6.45, 7) is 4.33. The maximum absolute atomic E-state index is 11.9. The topological polar surface area (TPSA) is 79.8 Å². The van der Waals surface area contributed by atoms with E-state index in [1.807, 2.05) is 24.3 Å². The quantitative estimate of drug-likeness (QED) is 0.801. The Hall–Kier alpha value is -2.02. The summed E-state index contributed by atoms with van der Waals surface area (Å²) in [5.41, 5.74) is 1.75. The molecule has 1 aromatic heterocycles. The highest BCUT2D eigenvalue weighted by Gasteiger charge is 2.09. The normalized spacial score (nSPS) is 12.1. The zero-order valence-electron chi connectivity index (χ0n) is 12.9. The number of hydrogen-bond acceptors (Lipinski definition) is 4. The lowest BCUT2D eigenvalue weighted by Gasteiger charge is -2.10. The van der Waals surface area contributed by atoms with Gasteiger partial charge in [0.1, 0.15) is 0 Å². The summed E-state index contributed by atoms with van der Waals surface area (Å²) in [7, 11) is 1.61. The van der Waals surface area contributed by atoms with Crippen molar-refractivity contribution in [3.05, 3.63) is 40.3 Å². The Labute approximate surface area is 133 Å². The minimum atomic E-state index is -0.288. The number of aromatic amines is 1. The number of amides is 1. The maximum Gasteiger partial charge on any atom is 0.343 e. The number of carbonyl (C=O) groups is 1. The average molecular weight is 320 g/mol. The van der Waals surface area contributed by atoms with Crippen molar-refractivity contribution in [2.24, 2.45) is 7.05 Å². The molecule has 22 heavy (non-hydrogen) atoms. The smallest absolute Gasteiger partial charge is 0.325 e. The van der Waals surface area contributed by atoms with Crippen LogP contribution in [0.15, 0.2) is 34.2 Å². The SMILES string of the molecule is CCC(C)c1ccc(NC(=O)CSc2n[nH]c(=O)n2C)cc1. The van der Waals surface area contributed by atoms with Crippen LogP contribution >= 0.6 is 11.8 Å². The molecule has 2 N–H and O–H groups in total. The molecule has 7 heteroatoms. The average Bonchev–Trinajstić information content (AvgIpc) is 2.84. The van der Waals surface area contributed by atoms with Crippen molar-refractivity contribution in [1.29, 1.82) is 0 Å². The fraction of sp³-hybridized carbons (Fsp3) is 0.400. The van der Waals surface area contributed by atoms with E-state index in [1.54, 1.807) is 7.05 Å². The number of anilines is 1. The Balaban J connectivity index is 1.89. The van der Waals surface area contributed by atoms with Gasteiger partial charge in [0.2, 0.25) is 5.91 Å². The maximum atomic E-state index is 11.9. The lowest BCUT2D eigenvalue weighted by molar-refractivity contribution is -0.113. The van der Waals surface area contributed by atoms with Gasteiger partial charge in [0.05, 0.1) is 5.75 Å². The van der Waals surface area contributed by atoms with Gasteiger partial charge in [-0.2, -0.15) is 0 Å². The Morgan fingerprint density at radius 3 is 2.64 bits per heavy atom. The van der Waals surface area contributed by atoms with E-state index in [-0.39, 0.29) is 17.3 Å². The van der Waals surface area contributed by atoms with Crippen molar-refractivity contribution in [3.8, 4) is 0 Å². The summed E-state index contributed by atoms with van der Waals surface area (Å²) in [5.74, 6) is 0.587. The zero-order valence-corrected chi connectivity index (χ0v) is 13.7. The van der Waals surface area contributed by atoms with Crippen LogP contribution in [0.4, 0.5) is 5.69 Å². The summed E-state index contributed by atoms with van der Waals surface area (Å²) >= 11 is 1.22. The third kappa shape index (κ3) is 4.00. The van der Waals surface area contributed by atoms with Crippen LogP contribution in [0.5, 0.6) is 0 Å². The lowest BCUT2D eigenvalue weighted by atomic mass is 9.99. The second kappa shape index (κ2) is 7.31. The Morgan fingerprint density at radius 1 is 1.41 bits per heavy atom. The molecule has 0 saturated heterocycles. The molecule has 0 bridgehead atoms. The van der Waals surface area contributed by atoms with Crippen LogP contribution in [0.3, 0.4) is 0 Å². The number of thioether (sulfide) groups is 1. The molecule has 0 radical (unpaired) electrons. The molecule has 2 rings (SSSR count). The molecule has 1 amide bonds. The third-order valence-corrected chi connectivity index (χ3v) is 4.58. The molecule has 0 spiro atoms. The summed E-state index contributed by atoms with van der Waals surface area (Å²) in [6, 6.07) is 7.89. The predicted molar refractivity (Wildman–Crippen MR) is 88.3 cm³/mol. The summed E-state index contributed by atoms with van der Waals surface area (Å²) in [4.78, 5) is 23.1. The molecule has 1 atom stereocenters. The number of benzene rings is 1. The first-order valence-corrected chi connectivity index (χ1v) is 8.13. The molecule has 118 valence electrons. The monoisotopic (exact) mass is 320 g/mol. The van der Waals surface area contributed by atoms with E-state index in [0.717, 1.165) is 12.1 Å². The van der Waals surface area contributed by atoms with Gasteiger partial charge in [-0.05, 0) is 30.0 Å². The highest BCUT2D eigenvalue weighted by Crippen LogP contribution is 2.20. The molecule has 6 nitrogen and oxygen atoms in total. The van der Waals surface area contributed by atoms with Gasteiger partial charge in [-0.1, -0.05) is 37.7 Å². The summed E-state index contributed by atoms with van der Waals surface area (Å²) in [6.07, 6.45) is 1.09. The largest absolute Gasteiger partial charge is 0.343 e. The first-order valence-electron chi connectivity index (χ1n) is 7.15. The van der Waals surface area contributed by atoms with Crippen molar-refractivity contribution < 1.29 is 4.79 Å². The standard InChI is InChI=1S/C15H20N4O2S/c1-4-10(2)11-5-7-12(8-6-11)16-13(20)9-22-15-18-17-14(21)19(15)3/h5-8,10H,4,9H2,1-3H3,(H,16,20)(H,17,21). The number of nitrogens with one attached hydrogen (secondary N) is 2. The Kier molecular flexibility index (Phi) is 5.43. The molecule has 0 aliphatic carbocycles. The molecular formula is C15H20N4O2S. The van der Waals surface area contributed by atoms with Crippen molar-refractivity contribution in [2.75, 3.05) is 11.1 Å². The fourth-order valence-corrected chi connectivity index (χ4v) is 2.64. The molecule has 0 aliphatic rings. The molecular weight excluding hydrogens is 300 g/mol. The zero-order chi connectivity index (χ0) is 16.1. The van der Waals surface area contributed by atoms with E-state index in [1.165, 1.54) is 21.9 Å². The van der Waals surface area contributed by atoms with Crippen molar-refractivity contribution >= 4 is 23.4 Å². The number of rotatable bonds is 6. The van der Waals surface area contributed by atoms with Gasteiger partial charge in [0, 0.05) is 12.7 Å². The van der Waals surface area contributed by atoms with E-state index >= 15 is 0 Å².